The van der Waals surface area contributed by atoms with E-state index >= 15 is 0 Å². The van der Waals surface area contributed by atoms with Gasteiger partial charge in [0.25, 0.3) is 0 Å². The second kappa shape index (κ2) is 9.43. The highest BCUT2D eigenvalue weighted by atomic mass is 35.5. The van der Waals surface area contributed by atoms with Gasteiger partial charge in [-0.2, -0.15) is 5.26 Å². The molecule has 2 aromatic rings. The molecule has 1 amide bonds. The zero-order chi connectivity index (χ0) is 18.4. The van der Waals surface area contributed by atoms with Gasteiger partial charge >= 0.3 is 0 Å². The molecule has 1 heterocycles. The minimum atomic E-state index is -0.328. The molecule has 5 nitrogen and oxygen atoms in total. The van der Waals surface area contributed by atoms with Crippen LogP contribution in [0.4, 0.5) is 5.69 Å². The van der Waals surface area contributed by atoms with E-state index in [1.165, 1.54) is 23.1 Å². The Labute approximate surface area is 164 Å². The van der Waals surface area contributed by atoms with Crippen molar-refractivity contribution < 1.29 is 4.79 Å². The highest BCUT2D eigenvalue weighted by Gasteiger charge is 2.18. The van der Waals surface area contributed by atoms with Crippen LogP contribution in [0.2, 0.25) is 5.02 Å². The van der Waals surface area contributed by atoms with Crippen molar-refractivity contribution in [2.45, 2.75) is 34.7 Å². The summed E-state index contributed by atoms with van der Waals surface area (Å²) in [4.78, 5) is 12.3. The predicted octanol–water partition coefficient (Wildman–Crippen LogP) is 4.93. The van der Waals surface area contributed by atoms with Crippen molar-refractivity contribution >= 4 is 58.1 Å². The molecule has 132 valence electrons. The number of aromatic nitrogens is 2. The zero-order valence-electron chi connectivity index (χ0n) is 13.9. The predicted molar refractivity (Wildman–Crippen MR) is 106 cm³/mol. The van der Waals surface area contributed by atoms with Crippen molar-refractivity contribution in [3.05, 3.63) is 28.8 Å². The van der Waals surface area contributed by atoms with Gasteiger partial charge in [-0.3, -0.25) is 4.79 Å². The maximum Gasteiger partial charge on any atom is 0.237 e. The maximum atomic E-state index is 12.3. The Bertz CT molecular complexity index is 788. The van der Waals surface area contributed by atoms with Crippen LogP contribution in [0.25, 0.3) is 0 Å². The van der Waals surface area contributed by atoms with E-state index in [0.29, 0.717) is 22.2 Å². The lowest BCUT2D eigenvalue weighted by Gasteiger charge is -2.10. The summed E-state index contributed by atoms with van der Waals surface area (Å²) >= 11 is 10.5. The summed E-state index contributed by atoms with van der Waals surface area (Å²) in [5.74, 6) is 1.43. The summed E-state index contributed by atoms with van der Waals surface area (Å²) in [6.07, 6.45) is 0. The molecule has 0 aliphatic heterocycles. The van der Waals surface area contributed by atoms with Crippen LogP contribution in [0.5, 0.6) is 0 Å². The standard InChI is InChI=1S/C16H17ClN4OS3/c1-9(2)8-23-15-20-21-16(25-15)24-10(3)14(22)19-12-5-4-11(7-18)13(17)6-12/h4-6,9-10H,8H2,1-3H3,(H,19,22)/t10-/m1/s1. The van der Waals surface area contributed by atoms with E-state index in [0.717, 1.165) is 14.4 Å². The Balaban J connectivity index is 1.92. The molecular formula is C16H17ClN4OS3. The van der Waals surface area contributed by atoms with Crippen LogP contribution in [-0.2, 0) is 4.79 Å². The molecule has 2 rings (SSSR count). The van der Waals surface area contributed by atoms with Crippen LogP contribution in [-0.4, -0.2) is 27.1 Å². The van der Waals surface area contributed by atoms with Crippen LogP contribution in [0.15, 0.2) is 26.9 Å². The molecule has 0 saturated carbocycles. The Morgan fingerprint density at radius 3 is 2.72 bits per heavy atom. The van der Waals surface area contributed by atoms with Gasteiger partial charge < -0.3 is 5.32 Å². The first-order valence-corrected chi connectivity index (χ1v) is 10.6. The lowest BCUT2D eigenvalue weighted by atomic mass is 10.2. The Morgan fingerprint density at radius 2 is 2.08 bits per heavy atom. The van der Waals surface area contributed by atoms with Crippen molar-refractivity contribution in [3.8, 4) is 6.07 Å². The van der Waals surface area contributed by atoms with E-state index in [9.17, 15) is 4.79 Å². The van der Waals surface area contributed by atoms with Gasteiger partial charge in [-0.05, 0) is 31.0 Å². The van der Waals surface area contributed by atoms with E-state index in [1.54, 1.807) is 30.0 Å². The number of nitriles is 1. The molecular weight excluding hydrogens is 396 g/mol. The number of rotatable bonds is 7. The number of anilines is 1. The first-order valence-electron chi connectivity index (χ1n) is 7.52. The number of carbonyl (C=O) groups is 1. The van der Waals surface area contributed by atoms with Crippen molar-refractivity contribution in [3.63, 3.8) is 0 Å². The molecule has 0 aliphatic carbocycles. The second-order valence-electron chi connectivity index (χ2n) is 5.59. The first kappa shape index (κ1) is 20.0. The molecule has 0 bridgehead atoms. The number of halogens is 1. The molecule has 0 radical (unpaired) electrons. The third-order valence-corrected chi connectivity index (χ3v) is 6.91. The number of hydrogen-bond donors (Lipinski definition) is 1. The summed E-state index contributed by atoms with van der Waals surface area (Å²) < 4.78 is 1.69. The molecule has 25 heavy (non-hydrogen) atoms. The molecule has 1 atom stereocenters. The fraction of sp³-hybridized carbons (Fsp3) is 0.375. The Kier molecular flexibility index (Phi) is 7.56. The minimum absolute atomic E-state index is 0.155. The molecule has 0 aliphatic rings. The topological polar surface area (TPSA) is 78.7 Å². The van der Waals surface area contributed by atoms with Crippen molar-refractivity contribution in [1.29, 1.82) is 5.26 Å². The lowest BCUT2D eigenvalue weighted by molar-refractivity contribution is -0.115. The number of nitrogens with zero attached hydrogens (tertiary/aromatic N) is 3. The number of amides is 1. The minimum Gasteiger partial charge on any atom is -0.325 e. The highest BCUT2D eigenvalue weighted by molar-refractivity contribution is 8.03. The number of benzene rings is 1. The van der Waals surface area contributed by atoms with Gasteiger partial charge in [-0.25, -0.2) is 0 Å². The van der Waals surface area contributed by atoms with E-state index in [2.05, 4.69) is 29.4 Å². The summed E-state index contributed by atoms with van der Waals surface area (Å²) in [5, 5.41) is 19.9. The van der Waals surface area contributed by atoms with E-state index < -0.39 is 0 Å². The van der Waals surface area contributed by atoms with Crippen LogP contribution < -0.4 is 5.32 Å². The molecule has 9 heteroatoms. The second-order valence-corrected chi connectivity index (χ2v) is 9.83. The van der Waals surface area contributed by atoms with Gasteiger partial charge in [0.2, 0.25) is 5.91 Å². The molecule has 1 aromatic carbocycles. The SMILES string of the molecule is CC(C)CSc1nnc(S[C@H](C)C(=O)Nc2ccc(C#N)c(Cl)c2)s1. The van der Waals surface area contributed by atoms with Crippen molar-refractivity contribution in [2.24, 2.45) is 5.92 Å². The normalized spacial score (nSPS) is 12.0. The van der Waals surface area contributed by atoms with E-state index in [-0.39, 0.29) is 11.2 Å². The Hall–Kier alpha value is -1.27. The average molecular weight is 413 g/mol. The summed E-state index contributed by atoms with van der Waals surface area (Å²) in [5.41, 5.74) is 0.939. The lowest BCUT2D eigenvalue weighted by Crippen LogP contribution is -2.22. The third kappa shape index (κ3) is 6.19. The summed E-state index contributed by atoms with van der Waals surface area (Å²) in [6, 6.07) is 6.80. The van der Waals surface area contributed by atoms with Crippen molar-refractivity contribution in [2.75, 3.05) is 11.1 Å². The quantitative estimate of drug-likeness (QED) is 0.649. The molecule has 0 unspecified atom stereocenters. The average Bonchev–Trinajstić information content (AvgIpc) is 3.00. The molecule has 0 spiro atoms. The summed E-state index contributed by atoms with van der Waals surface area (Å²) in [6.45, 7) is 6.13. The fourth-order valence-corrected chi connectivity index (χ4v) is 5.04. The number of carbonyl (C=O) groups excluding carboxylic acids is 1. The monoisotopic (exact) mass is 412 g/mol. The van der Waals surface area contributed by atoms with Gasteiger partial charge in [-0.1, -0.05) is 60.3 Å². The van der Waals surface area contributed by atoms with Gasteiger partial charge in [0.15, 0.2) is 8.68 Å². The number of nitrogens with one attached hydrogen (secondary N) is 1. The first-order chi connectivity index (χ1) is 11.9. The largest absolute Gasteiger partial charge is 0.325 e. The maximum absolute atomic E-state index is 12.3. The third-order valence-electron chi connectivity index (χ3n) is 2.93. The van der Waals surface area contributed by atoms with Crippen LogP contribution in [0, 0.1) is 17.2 Å². The van der Waals surface area contributed by atoms with E-state index in [1.807, 2.05) is 13.0 Å². The van der Waals surface area contributed by atoms with Crippen LogP contribution >= 0.6 is 46.5 Å². The zero-order valence-corrected chi connectivity index (χ0v) is 17.2. The molecule has 1 aromatic heterocycles. The summed E-state index contributed by atoms with van der Waals surface area (Å²) in [7, 11) is 0. The molecule has 1 N–H and O–H groups in total. The highest BCUT2D eigenvalue weighted by Crippen LogP contribution is 2.32. The molecule has 0 fully saturated rings. The smallest absolute Gasteiger partial charge is 0.237 e. The number of thioether (sulfide) groups is 2. The van der Waals surface area contributed by atoms with Crippen molar-refractivity contribution in [1.82, 2.24) is 10.2 Å². The van der Waals surface area contributed by atoms with Crippen LogP contribution in [0.1, 0.15) is 26.3 Å². The van der Waals surface area contributed by atoms with Crippen LogP contribution in [0.3, 0.4) is 0 Å². The van der Waals surface area contributed by atoms with Gasteiger partial charge in [-0.15, -0.1) is 10.2 Å². The Morgan fingerprint density at radius 1 is 1.36 bits per heavy atom. The van der Waals surface area contributed by atoms with Gasteiger partial charge in [0, 0.05) is 11.4 Å². The number of hydrogen-bond acceptors (Lipinski definition) is 7. The fourth-order valence-electron chi connectivity index (χ4n) is 1.67. The van der Waals surface area contributed by atoms with Gasteiger partial charge in [0.05, 0.1) is 15.8 Å². The van der Waals surface area contributed by atoms with E-state index in [4.69, 9.17) is 16.9 Å². The molecule has 0 saturated heterocycles. The van der Waals surface area contributed by atoms with Gasteiger partial charge in [0.1, 0.15) is 6.07 Å².